The van der Waals surface area contributed by atoms with Crippen LogP contribution in [0.1, 0.15) is 17.3 Å². The molecule has 5 heteroatoms. The van der Waals surface area contributed by atoms with Crippen LogP contribution in [-0.4, -0.2) is 15.2 Å². The average molecular weight is 178 g/mol. The zero-order chi connectivity index (χ0) is 9.26. The van der Waals surface area contributed by atoms with E-state index >= 15 is 0 Å². The fourth-order valence-electron chi connectivity index (χ4n) is 1.13. The molecule has 0 fully saturated rings. The van der Waals surface area contributed by atoms with Crippen molar-refractivity contribution >= 4 is 5.95 Å². The number of hydrogen-bond acceptors (Lipinski definition) is 4. The van der Waals surface area contributed by atoms with Crippen molar-refractivity contribution in [3.05, 3.63) is 29.5 Å². The van der Waals surface area contributed by atoms with E-state index in [0.29, 0.717) is 12.2 Å². The van der Waals surface area contributed by atoms with Crippen molar-refractivity contribution in [2.45, 2.75) is 13.3 Å². The van der Waals surface area contributed by atoms with Gasteiger partial charge in [-0.25, -0.2) is 0 Å². The number of rotatable bonds is 2. The number of aryl methyl sites for hydroxylation is 1. The largest absolute Gasteiger partial charge is 0.466 e. The molecule has 0 aliphatic heterocycles. The van der Waals surface area contributed by atoms with E-state index in [2.05, 4.69) is 15.2 Å². The first kappa shape index (κ1) is 7.85. The molecule has 2 rings (SSSR count). The third-order valence-corrected chi connectivity index (χ3v) is 1.69. The zero-order valence-electron chi connectivity index (χ0n) is 7.24. The molecule has 0 unspecified atom stereocenters. The van der Waals surface area contributed by atoms with Gasteiger partial charge in [0.05, 0.1) is 6.42 Å². The first-order valence-corrected chi connectivity index (χ1v) is 3.96. The van der Waals surface area contributed by atoms with E-state index in [4.69, 9.17) is 10.2 Å². The first-order chi connectivity index (χ1) is 6.24. The lowest BCUT2D eigenvalue weighted by molar-refractivity contribution is 0.490. The van der Waals surface area contributed by atoms with Crippen LogP contribution < -0.4 is 5.73 Å². The van der Waals surface area contributed by atoms with Gasteiger partial charge < -0.3 is 10.2 Å². The molecule has 0 aromatic carbocycles. The molecule has 0 amide bonds. The summed E-state index contributed by atoms with van der Waals surface area (Å²) in [6, 6.07) is 3.82. The van der Waals surface area contributed by atoms with Gasteiger partial charge in [-0.2, -0.15) is 4.98 Å². The van der Waals surface area contributed by atoms with Crippen molar-refractivity contribution in [3.63, 3.8) is 0 Å². The van der Waals surface area contributed by atoms with Crippen LogP contribution in [0, 0.1) is 6.92 Å². The lowest BCUT2D eigenvalue weighted by Gasteiger charge is -1.90. The van der Waals surface area contributed by atoms with Crippen LogP contribution in [0.2, 0.25) is 0 Å². The summed E-state index contributed by atoms with van der Waals surface area (Å²) in [5.41, 5.74) is 5.35. The van der Waals surface area contributed by atoms with Gasteiger partial charge in [-0.15, -0.1) is 5.10 Å². The van der Waals surface area contributed by atoms with Crippen molar-refractivity contribution in [3.8, 4) is 0 Å². The van der Waals surface area contributed by atoms with E-state index in [9.17, 15) is 0 Å². The lowest BCUT2D eigenvalue weighted by Crippen LogP contribution is -1.89. The Balaban J connectivity index is 2.14. The molecule has 0 aliphatic carbocycles. The molecule has 2 aromatic heterocycles. The highest BCUT2D eigenvalue weighted by atomic mass is 16.3. The first-order valence-electron chi connectivity index (χ1n) is 3.96. The summed E-state index contributed by atoms with van der Waals surface area (Å²) in [5, 5.41) is 6.44. The number of nitrogen functional groups attached to an aromatic ring is 1. The fourth-order valence-corrected chi connectivity index (χ4v) is 1.13. The molecule has 2 heterocycles. The average Bonchev–Trinajstić information content (AvgIpc) is 2.62. The molecule has 0 saturated heterocycles. The molecule has 68 valence electrons. The number of aromatic amines is 1. The maximum atomic E-state index is 5.37. The maximum Gasteiger partial charge on any atom is 0.239 e. The summed E-state index contributed by atoms with van der Waals surface area (Å²) in [7, 11) is 0. The van der Waals surface area contributed by atoms with Gasteiger partial charge in [0.2, 0.25) is 5.95 Å². The number of nitrogens with one attached hydrogen (secondary N) is 1. The normalized spacial score (nSPS) is 10.5. The predicted octanol–water partition coefficient (Wildman–Crippen LogP) is 0.879. The van der Waals surface area contributed by atoms with E-state index in [1.54, 1.807) is 0 Å². The molecule has 0 radical (unpaired) electrons. The van der Waals surface area contributed by atoms with Gasteiger partial charge >= 0.3 is 0 Å². The monoisotopic (exact) mass is 178 g/mol. The minimum absolute atomic E-state index is 0.262. The molecule has 13 heavy (non-hydrogen) atoms. The minimum Gasteiger partial charge on any atom is -0.466 e. The Bertz CT molecular complexity index is 365. The number of H-pyrrole nitrogens is 1. The topological polar surface area (TPSA) is 80.7 Å². The molecule has 0 atom stereocenters. The molecular formula is C8H10N4O. The standard InChI is InChI=1S/C8H10N4O/c1-5-2-3-6(13-5)4-7-10-8(9)12-11-7/h2-3H,4H2,1H3,(H3,9,10,11,12). The van der Waals surface area contributed by atoms with Crippen molar-refractivity contribution in [2.24, 2.45) is 0 Å². The molecular weight excluding hydrogens is 168 g/mol. The van der Waals surface area contributed by atoms with Crippen LogP contribution in [0.5, 0.6) is 0 Å². The van der Waals surface area contributed by atoms with Crippen LogP contribution in [-0.2, 0) is 6.42 Å². The number of furan rings is 1. The molecule has 0 bridgehead atoms. The Hall–Kier alpha value is -1.78. The molecule has 2 aromatic rings. The second-order valence-corrected chi connectivity index (χ2v) is 2.83. The Kier molecular flexibility index (Phi) is 1.77. The number of anilines is 1. The lowest BCUT2D eigenvalue weighted by atomic mass is 10.3. The Morgan fingerprint density at radius 1 is 1.54 bits per heavy atom. The van der Waals surface area contributed by atoms with Crippen LogP contribution >= 0.6 is 0 Å². The second kappa shape index (κ2) is 2.93. The zero-order valence-corrected chi connectivity index (χ0v) is 7.24. The summed E-state index contributed by atoms with van der Waals surface area (Å²) in [6.45, 7) is 1.90. The van der Waals surface area contributed by atoms with Gasteiger partial charge in [0, 0.05) is 0 Å². The van der Waals surface area contributed by atoms with Crippen molar-refractivity contribution < 1.29 is 4.42 Å². The fraction of sp³-hybridized carbons (Fsp3) is 0.250. The molecule has 0 spiro atoms. The van der Waals surface area contributed by atoms with Crippen LogP contribution in [0.25, 0.3) is 0 Å². The predicted molar refractivity (Wildman–Crippen MR) is 47.0 cm³/mol. The number of nitrogens with two attached hydrogens (primary N) is 1. The van der Waals surface area contributed by atoms with Crippen LogP contribution in [0.15, 0.2) is 16.5 Å². The van der Waals surface area contributed by atoms with E-state index in [0.717, 1.165) is 11.5 Å². The van der Waals surface area contributed by atoms with Crippen molar-refractivity contribution in [1.29, 1.82) is 0 Å². The van der Waals surface area contributed by atoms with Gasteiger partial charge in [0.15, 0.2) is 0 Å². The summed E-state index contributed by atoms with van der Waals surface area (Å²) in [4.78, 5) is 3.97. The quantitative estimate of drug-likeness (QED) is 0.715. The van der Waals surface area contributed by atoms with E-state index in [-0.39, 0.29) is 5.95 Å². The highest BCUT2D eigenvalue weighted by molar-refractivity contribution is 5.16. The Morgan fingerprint density at radius 2 is 2.38 bits per heavy atom. The summed E-state index contributed by atoms with van der Waals surface area (Å²) >= 11 is 0. The Morgan fingerprint density at radius 3 is 2.92 bits per heavy atom. The molecule has 0 saturated carbocycles. The highest BCUT2D eigenvalue weighted by Crippen LogP contribution is 2.09. The molecule has 3 N–H and O–H groups in total. The second-order valence-electron chi connectivity index (χ2n) is 2.83. The van der Waals surface area contributed by atoms with Gasteiger partial charge in [0.25, 0.3) is 0 Å². The van der Waals surface area contributed by atoms with E-state index in [1.165, 1.54) is 0 Å². The van der Waals surface area contributed by atoms with Crippen molar-refractivity contribution in [1.82, 2.24) is 15.2 Å². The SMILES string of the molecule is Cc1ccc(Cc2nc(N)n[nH]2)o1. The number of hydrogen-bond donors (Lipinski definition) is 2. The molecule has 5 nitrogen and oxygen atoms in total. The van der Waals surface area contributed by atoms with Gasteiger partial charge in [-0.3, -0.25) is 5.10 Å². The highest BCUT2D eigenvalue weighted by Gasteiger charge is 2.04. The van der Waals surface area contributed by atoms with Crippen LogP contribution in [0.4, 0.5) is 5.95 Å². The number of nitrogens with zero attached hydrogens (tertiary/aromatic N) is 2. The minimum atomic E-state index is 0.262. The van der Waals surface area contributed by atoms with E-state index in [1.807, 2.05) is 19.1 Å². The van der Waals surface area contributed by atoms with Gasteiger partial charge in [-0.05, 0) is 19.1 Å². The summed E-state index contributed by atoms with van der Waals surface area (Å²) < 4.78 is 5.37. The Labute approximate surface area is 75.0 Å². The molecule has 0 aliphatic rings. The van der Waals surface area contributed by atoms with Crippen LogP contribution in [0.3, 0.4) is 0 Å². The maximum absolute atomic E-state index is 5.37. The third-order valence-electron chi connectivity index (χ3n) is 1.69. The summed E-state index contributed by atoms with van der Waals surface area (Å²) in [5.74, 6) is 2.72. The van der Waals surface area contributed by atoms with E-state index < -0.39 is 0 Å². The van der Waals surface area contributed by atoms with Crippen molar-refractivity contribution in [2.75, 3.05) is 5.73 Å². The smallest absolute Gasteiger partial charge is 0.239 e. The summed E-state index contributed by atoms with van der Waals surface area (Å²) in [6.07, 6.45) is 0.595. The third kappa shape index (κ3) is 1.69. The number of aromatic nitrogens is 3. The van der Waals surface area contributed by atoms with Gasteiger partial charge in [-0.1, -0.05) is 0 Å². The van der Waals surface area contributed by atoms with Gasteiger partial charge in [0.1, 0.15) is 17.3 Å².